The summed E-state index contributed by atoms with van der Waals surface area (Å²) in [6.07, 6.45) is -7.73. The Morgan fingerprint density at radius 1 is 0.530 bits per heavy atom. The van der Waals surface area contributed by atoms with E-state index in [2.05, 4.69) is 58.0 Å². The highest BCUT2D eigenvalue weighted by Gasteiger charge is 2.36. The Kier molecular flexibility index (Phi) is 14.7. The largest absolute Gasteiger partial charge is 0.416 e. The SMILES string of the molecule is Cc1ccc(C)c(Cc2csc(N3CCN(S(=O)(=O)c4cccc(C(F)(F)F)c4)CC3)n2)c1.Cc1cccc(Cc2csc(N3CCN(S(=O)(=O)c4cccc(C(F)(F)F)c4)CC3)n2)c1C. The number of hydrogen-bond donors (Lipinski definition) is 0. The number of halogens is 6. The Hall–Kier alpha value is -4.86. The molecule has 2 fully saturated rings. The number of anilines is 2. The van der Waals surface area contributed by atoms with Gasteiger partial charge in [0.15, 0.2) is 10.3 Å². The molecule has 0 aliphatic carbocycles. The Balaban J connectivity index is 0.000000196. The van der Waals surface area contributed by atoms with Crippen molar-refractivity contribution in [3.05, 3.63) is 152 Å². The molecule has 0 spiro atoms. The minimum Gasteiger partial charge on any atom is -0.345 e. The van der Waals surface area contributed by atoms with Crippen molar-refractivity contribution in [2.24, 2.45) is 0 Å². The third kappa shape index (κ3) is 11.4. The second kappa shape index (κ2) is 19.8. The standard InChI is InChI=1S/2C23H24F3N3O2S2/c1-16-5-3-6-18(17(16)2)13-20-15-32-22(27-20)28-9-11-29(12-10-28)33(30,31)21-8-4-7-19(14-21)23(24,25)26;1-16-6-7-17(2)18(12-16)13-20-15-32-22(27-20)28-8-10-29(11-9-28)33(30,31)21-5-3-4-19(14-21)23(24,25)26/h3-8,14-15H,9-13H2,1-2H3;3-7,12,14-15H,8-11,13H2,1-2H3. The molecule has 0 unspecified atom stereocenters. The summed E-state index contributed by atoms with van der Waals surface area (Å²) in [6, 6.07) is 20.3. The van der Waals surface area contributed by atoms with Crippen LogP contribution in [-0.2, 0) is 45.2 Å². The maximum atomic E-state index is 13.0. The van der Waals surface area contributed by atoms with Crippen LogP contribution < -0.4 is 9.80 Å². The Morgan fingerprint density at radius 2 is 0.970 bits per heavy atom. The number of sulfonamides is 2. The van der Waals surface area contributed by atoms with Gasteiger partial charge in [-0.1, -0.05) is 54.1 Å². The molecule has 0 amide bonds. The molecule has 8 rings (SSSR count). The van der Waals surface area contributed by atoms with Crippen LogP contribution in [0.5, 0.6) is 0 Å². The van der Waals surface area contributed by atoms with Gasteiger partial charge in [-0.2, -0.15) is 35.0 Å². The number of piperazine rings is 2. The molecule has 4 heterocycles. The molecule has 10 nitrogen and oxygen atoms in total. The van der Waals surface area contributed by atoms with E-state index in [9.17, 15) is 43.2 Å². The number of hydrogen-bond acceptors (Lipinski definition) is 10. The zero-order valence-corrected chi connectivity index (χ0v) is 39.8. The molecule has 4 aromatic carbocycles. The number of nitrogens with zero attached hydrogens (tertiary/aromatic N) is 6. The molecule has 0 N–H and O–H groups in total. The first-order valence-electron chi connectivity index (χ1n) is 20.9. The number of alkyl halides is 6. The maximum Gasteiger partial charge on any atom is 0.416 e. The van der Waals surface area contributed by atoms with Gasteiger partial charge in [0, 0.05) is 76.0 Å². The van der Waals surface area contributed by atoms with Gasteiger partial charge >= 0.3 is 12.4 Å². The van der Waals surface area contributed by atoms with Gasteiger partial charge in [-0.05, 0) is 91.9 Å². The fourth-order valence-corrected chi connectivity index (χ4v) is 12.3. The van der Waals surface area contributed by atoms with Crippen LogP contribution in [0.4, 0.5) is 36.6 Å². The predicted octanol–water partition coefficient (Wildman–Crippen LogP) is 9.76. The molecule has 0 saturated carbocycles. The lowest BCUT2D eigenvalue weighted by Gasteiger charge is -2.33. The molecule has 352 valence electrons. The van der Waals surface area contributed by atoms with E-state index >= 15 is 0 Å². The molecule has 2 aromatic heterocycles. The summed E-state index contributed by atoms with van der Waals surface area (Å²) in [7, 11) is -8.01. The molecule has 2 saturated heterocycles. The van der Waals surface area contributed by atoms with Gasteiger partial charge in [0.2, 0.25) is 20.0 Å². The van der Waals surface area contributed by atoms with Gasteiger partial charge in [0.1, 0.15) is 0 Å². The number of rotatable bonds is 10. The van der Waals surface area contributed by atoms with Crippen LogP contribution in [0.2, 0.25) is 0 Å². The molecule has 6 aromatic rings. The molecular weight excluding hydrogens is 943 g/mol. The summed E-state index contributed by atoms with van der Waals surface area (Å²) in [5.74, 6) is 0. The molecule has 0 bridgehead atoms. The first kappa shape index (κ1) is 49.1. The van der Waals surface area contributed by atoms with Crippen molar-refractivity contribution in [1.29, 1.82) is 0 Å². The Morgan fingerprint density at radius 3 is 1.42 bits per heavy atom. The van der Waals surface area contributed by atoms with Crippen molar-refractivity contribution in [3.8, 4) is 0 Å². The van der Waals surface area contributed by atoms with Crippen molar-refractivity contribution in [1.82, 2.24) is 18.6 Å². The molecule has 20 heteroatoms. The highest BCUT2D eigenvalue weighted by molar-refractivity contribution is 7.89. The van der Waals surface area contributed by atoms with Crippen molar-refractivity contribution in [2.75, 3.05) is 62.2 Å². The number of benzene rings is 4. The number of aryl methyl sites for hydroxylation is 3. The number of aromatic nitrogens is 2. The summed E-state index contributed by atoms with van der Waals surface area (Å²) in [6.45, 7) is 10.8. The van der Waals surface area contributed by atoms with Crippen molar-refractivity contribution >= 4 is 53.0 Å². The molecule has 2 aliphatic rings. The van der Waals surface area contributed by atoms with E-state index in [1.807, 2.05) is 26.6 Å². The normalized spacial score (nSPS) is 15.7. The number of thiazole rings is 2. The van der Waals surface area contributed by atoms with Crippen LogP contribution >= 0.6 is 22.7 Å². The van der Waals surface area contributed by atoms with Crippen LogP contribution in [0.1, 0.15) is 55.9 Å². The quantitative estimate of drug-likeness (QED) is 0.125. The summed E-state index contributed by atoms with van der Waals surface area (Å²) >= 11 is 3.03. The van der Waals surface area contributed by atoms with E-state index in [1.54, 1.807) is 0 Å². The monoisotopic (exact) mass is 990 g/mol. The van der Waals surface area contributed by atoms with Crippen LogP contribution in [-0.4, -0.2) is 87.8 Å². The van der Waals surface area contributed by atoms with Gasteiger partial charge in [-0.3, -0.25) is 0 Å². The highest BCUT2D eigenvalue weighted by Crippen LogP contribution is 2.34. The first-order chi connectivity index (χ1) is 31.1. The molecule has 66 heavy (non-hydrogen) atoms. The van der Waals surface area contributed by atoms with Crippen LogP contribution in [0.15, 0.2) is 105 Å². The average molecular weight is 991 g/mol. The summed E-state index contributed by atoms with van der Waals surface area (Å²) < 4.78 is 132. The van der Waals surface area contributed by atoms with E-state index in [0.29, 0.717) is 38.3 Å². The lowest BCUT2D eigenvalue weighted by molar-refractivity contribution is -0.138. The van der Waals surface area contributed by atoms with Crippen LogP contribution in [0.3, 0.4) is 0 Å². The van der Waals surface area contributed by atoms with E-state index < -0.39 is 43.5 Å². The van der Waals surface area contributed by atoms with E-state index in [4.69, 9.17) is 9.97 Å². The third-order valence-electron chi connectivity index (χ3n) is 11.7. The Labute approximate surface area is 389 Å². The summed E-state index contributed by atoms with van der Waals surface area (Å²) in [5, 5.41) is 5.68. The van der Waals surface area contributed by atoms with Gasteiger partial charge in [-0.15, -0.1) is 22.7 Å². The van der Waals surface area contributed by atoms with E-state index in [0.717, 1.165) is 58.8 Å². The van der Waals surface area contributed by atoms with Crippen molar-refractivity contribution < 1.29 is 43.2 Å². The van der Waals surface area contributed by atoms with Crippen molar-refractivity contribution in [3.63, 3.8) is 0 Å². The van der Waals surface area contributed by atoms with Gasteiger partial charge < -0.3 is 9.80 Å². The Bertz CT molecular complexity index is 2740. The lowest BCUT2D eigenvalue weighted by Crippen LogP contribution is -2.48. The lowest BCUT2D eigenvalue weighted by atomic mass is 10.0. The topological polar surface area (TPSA) is 107 Å². The predicted molar refractivity (Wildman–Crippen MR) is 247 cm³/mol. The second-order valence-electron chi connectivity index (χ2n) is 16.2. The summed E-state index contributed by atoms with van der Waals surface area (Å²) in [5.41, 5.74) is 7.33. The fraction of sp³-hybridized carbons (Fsp3) is 0.348. The van der Waals surface area contributed by atoms with E-state index in [1.165, 1.54) is 76.8 Å². The third-order valence-corrected chi connectivity index (χ3v) is 17.4. The zero-order chi connectivity index (χ0) is 47.6. The molecular formula is C46H48F6N6O4S4. The minimum absolute atomic E-state index is 0.185. The fourth-order valence-electron chi connectivity index (χ4n) is 7.63. The van der Waals surface area contributed by atoms with Crippen molar-refractivity contribution in [2.45, 2.75) is 62.7 Å². The van der Waals surface area contributed by atoms with E-state index in [-0.39, 0.29) is 36.0 Å². The zero-order valence-electron chi connectivity index (χ0n) is 36.5. The second-order valence-corrected chi connectivity index (χ2v) is 21.8. The van der Waals surface area contributed by atoms with Gasteiger partial charge in [-0.25, -0.2) is 26.8 Å². The maximum absolute atomic E-state index is 13.0. The average Bonchev–Trinajstić information content (AvgIpc) is 3.97. The first-order valence-corrected chi connectivity index (χ1v) is 25.6. The molecule has 0 atom stereocenters. The highest BCUT2D eigenvalue weighted by atomic mass is 32.2. The molecule has 0 radical (unpaired) electrons. The minimum atomic E-state index is -4.59. The van der Waals surface area contributed by atoms with Gasteiger partial charge in [0.25, 0.3) is 0 Å². The summed E-state index contributed by atoms with van der Waals surface area (Å²) in [4.78, 5) is 12.8. The van der Waals surface area contributed by atoms with Gasteiger partial charge in [0.05, 0.1) is 32.3 Å². The molecule has 2 aliphatic heterocycles. The van der Waals surface area contributed by atoms with Crippen LogP contribution in [0, 0.1) is 27.7 Å². The smallest absolute Gasteiger partial charge is 0.345 e. The van der Waals surface area contributed by atoms with Crippen LogP contribution in [0.25, 0.3) is 0 Å².